The number of carboxylic acids is 1. The van der Waals surface area contributed by atoms with E-state index in [4.69, 9.17) is 5.14 Å². The number of nitrogens with one attached hydrogen (secondary N) is 1. The number of aromatic carboxylic acids is 1. The van der Waals surface area contributed by atoms with Crippen LogP contribution in [0.3, 0.4) is 0 Å². The summed E-state index contributed by atoms with van der Waals surface area (Å²) in [6.45, 7) is 1.01. The van der Waals surface area contributed by atoms with Crippen LogP contribution < -0.4 is 28.6 Å². The SMILES string of the molecule is NS(=O)(=O)n1ccc(-c2ccc(C(=O)NCC[NH3+])cc2)c1C(=O)O.[Cl-]. The molecule has 0 saturated carbocycles. The van der Waals surface area contributed by atoms with Crippen LogP contribution >= 0.6 is 0 Å². The minimum absolute atomic E-state index is 0. The highest BCUT2D eigenvalue weighted by Gasteiger charge is 2.22. The van der Waals surface area contributed by atoms with Gasteiger partial charge < -0.3 is 28.6 Å². The number of benzene rings is 1. The normalized spacial score (nSPS) is 10.8. The summed E-state index contributed by atoms with van der Waals surface area (Å²) in [7, 11) is -4.23. The number of amides is 1. The molecule has 1 aromatic carbocycles. The number of quaternary nitrogens is 1. The molecule has 0 aliphatic heterocycles. The van der Waals surface area contributed by atoms with Gasteiger partial charge in [0.1, 0.15) is 0 Å². The summed E-state index contributed by atoms with van der Waals surface area (Å²) in [5.74, 6) is -1.70. The number of rotatable bonds is 6. The molecular weight excluding hydrogens is 372 g/mol. The molecule has 0 aliphatic carbocycles. The van der Waals surface area contributed by atoms with Crippen molar-refractivity contribution < 1.29 is 41.3 Å². The molecule has 2 aromatic rings. The van der Waals surface area contributed by atoms with Crippen LogP contribution in [0.4, 0.5) is 0 Å². The highest BCUT2D eigenvalue weighted by molar-refractivity contribution is 7.87. The lowest BCUT2D eigenvalue weighted by Crippen LogP contribution is -3.00. The van der Waals surface area contributed by atoms with Gasteiger partial charge in [0, 0.05) is 17.3 Å². The van der Waals surface area contributed by atoms with Crippen LogP contribution in [0.15, 0.2) is 36.5 Å². The second-order valence-corrected chi connectivity index (χ2v) is 6.33. The van der Waals surface area contributed by atoms with Crippen LogP contribution in [0.2, 0.25) is 0 Å². The van der Waals surface area contributed by atoms with Crippen molar-refractivity contribution in [3.05, 3.63) is 47.8 Å². The highest BCUT2D eigenvalue weighted by Crippen LogP contribution is 2.26. The Kier molecular flexibility index (Phi) is 6.70. The van der Waals surface area contributed by atoms with E-state index in [0.29, 0.717) is 28.2 Å². The first-order valence-corrected chi connectivity index (χ1v) is 8.42. The van der Waals surface area contributed by atoms with Crippen LogP contribution in [0.5, 0.6) is 0 Å². The smallest absolute Gasteiger partial charge is 0.354 e. The zero-order valence-corrected chi connectivity index (χ0v) is 14.5. The Labute approximate surface area is 150 Å². The quantitative estimate of drug-likeness (QED) is 0.395. The maximum Gasteiger partial charge on any atom is 0.354 e. The summed E-state index contributed by atoms with van der Waals surface area (Å²) in [5.41, 5.74) is 4.18. The molecule has 0 aliphatic rings. The molecular formula is C14H17ClN4O5S. The Morgan fingerprint density at radius 2 is 1.80 bits per heavy atom. The van der Waals surface area contributed by atoms with Crippen LogP contribution in [0.1, 0.15) is 20.8 Å². The zero-order chi connectivity index (χ0) is 17.9. The molecule has 2 rings (SSSR count). The van der Waals surface area contributed by atoms with Crippen LogP contribution in [0.25, 0.3) is 11.1 Å². The lowest BCUT2D eigenvalue weighted by atomic mass is 10.0. The fraction of sp³-hybridized carbons (Fsp3) is 0.143. The molecule has 7 N–H and O–H groups in total. The van der Waals surface area contributed by atoms with Crippen molar-refractivity contribution in [1.29, 1.82) is 0 Å². The molecule has 1 amide bonds. The zero-order valence-electron chi connectivity index (χ0n) is 13.0. The van der Waals surface area contributed by atoms with E-state index < -0.39 is 21.9 Å². The van der Waals surface area contributed by atoms with E-state index >= 15 is 0 Å². The molecule has 136 valence electrons. The van der Waals surface area contributed by atoms with Crippen molar-refractivity contribution in [2.75, 3.05) is 13.1 Å². The van der Waals surface area contributed by atoms with Gasteiger partial charge in [-0.05, 0) is 23.8 Å². The predicted molar refractivity (Wildman–Crippen MR) is 85.4 cm³/mol. The predicted octanol–water partition coefficient (Wildman–Crippen LogP) is -4.12. The number of hydrogen-bond acceptors (Lipinski definition) is 4. The van der Waals surface area contributed by atoms with E-state index in [1.54, 1.807) is 0 Å². The largest absolute Gasteiger partial charge is 1.00 e. The monoisotopic (exact) mass is 388 g/mol. The lowest BCUT2D eigenvalue weighted by Gasteiger charge is -2.07. The average Bonchev–Trinajstić information content (AvgIpc) is 2.98. The molecule has 9 nitrogen and oxygen atoms in total. The van der Waals surface area contributed by atoms with Gasteiger partial charge in [-0.15, -0.1) is 0 Å². The molecule has 0 atom stereocenters. The number of carbonyl (C=O) groups excluding carboxylic acids is 1. The second-order valence-electron chi connectivity index (χ2n) is 4.91. The highest BCUT2D eigenvalue weighted by atomic mass is 35.5. The molecule has 1 heterocycles. The Balaban J connectivity index is 0.00000312. The van der Waals surface area contributed by atoms with Gasteiger partial charge in [-0.25, -0.2) is 13.9 Å². The molecule has 1 aromatic heterocycles. The van der Waals surface area contributed by atoms with E-state index in [1.165, 1.54) is 30.3 Å². The molecule has 0 unspecified atom stereocenters. The molecule has 11 heteroatoms. The lowest BCUT2D eigenvalue weighted by molar-refractivity contribution is -0.364. The Morgan fingerprint density at radius 1 is 1.20 bits per heavy atom. The topological polar surface area (TPSA) is 159 Å². The maximum atomic E-state index is 11.8. The van der Waals surface area contributed by atoms with Gasteiger partial charge in [0.2, 0.25) is 0 Å². The van der Waals surface area contributed by atoms with E-state index in [1.807, 2.05) is 0 Å². The van der Waals surface area contributed by atoms with Crippen molar-refractivity contribution >= 4 is 22.1 Å². The van der Waals surface area contributed by atoms with Crippen molar-refractivity contribution in [2.45, 2.75) is 0 Å². The van der Waals surface area contributed by atoms with Crippen LogP contribution in [0, 0.1) is 0 Å². The molecule has 0 spiro atoms. The third-order valence-electron chi connectivity index (χ3n) is 3.25. The number of carboxylic acid groups (broad SMARTS) is 1. The Hall–Kier alpha value is -2.40. The number of hydrogen-bond donors (Lipinski definition) is 4. The van der Waals surface area contributed by atoms with E-state index in [2.05, 4.69) is 11.1 Å². The summed E-state index contributed by atoms with van der Waals surface area (Å²) < 4.78 is 23.4. The third-order valence-corrected chi connectivity index (χ3v) is 4.10. The average molecular weight is 389 g/mol. The number of aromatic nitrogens is 1. The molecule has 0 radical (unpaired) electrons. The molecule has 0 bridgehead atoms. The first kappa shape index (κ1) is 20.6. The number of carbonyl (C=O) groups is 2. The summed E-state index contributed by atoms with van der Waals surface area (Å²) >= 11 is 0. The van der Waals surface area contributed by atoms with Gasteiger partial charge in [0.15, 0.2) is 5.69 Å². The Bertz CT molecular complexity index is 877. The summed E-state index contributed by atoms with van der Waals surface area (Å²) in [6, 6.07) is 7.45. The summed E-state index contributed by atoms with van der Waals surface area (Å²) in [4.78, 5) is 23.2. The van der Waals surface area contributed by atoms with Crippen LogP contribution in [-0.2, 0) is 10.2 Å². The fourth-order valence-corrected chi connectivity index (χ4v) is 2.84. The van der Waals surface area contributed by atoms with Crippen molar-refractivity contribution in [2.24, 2.45) is 5.14 Å². The third kappa shape index (κ3) is 4.57. The minimum Gasteiger partial charge on any atom is -1.00 e. The van der Waals surface area contributed by atoms with Crippen molar-refractivity contribution in [3.63, 3.8) is 0 Å². The van der Waals surface area contributed by atoms with Crippen LogP contribution in [-0.4, -0.2) is 42.5 Å². The second kappa shape index (κ2) is 8.12. The number of halogens is 1. The maximum absolute atomic E-state index is 11.8. The first-order chi connectivity index (χ1) is 11.3. The van der Waals surface area contributed by atoms with E-state index in [0.717, 1.165) is 6.20 Å². The summed E-state index contributed by atoms with van der Waals surface area (Å²) in [5, 5.41) is 17.0. The van der Waals surface area contributed by atoms with Gasteiger partial charge in [0.05, 0.1) is 13.1 Å². The molecule has 25 heavy (non-hydrogen) atoms. The summed E-state index contributed by atoms with van der Waals surface area (Å²) in [6.07, 6.45) is 1.07. The number of nitrogens with two attached hydrogens (primary N) is 1. The fourth-order valence-electron chi connectivity index (χ4n) is 2.17. The first-order valence-electron chi connectivity index (χ1n) is 6.91. The van der Waals surface area contributed by atoms with Crippen molar-refractivity contribution in [3.8, 4) is 11.1 Å². The van der Waals surface area contributed by atoms with Gasteiger partial charge in [0.25, 0.3) is 5.91 Å². The van der Waals surface area contributed by atoms with E-state index in [9.17, 15) is 23.1 Å². The van der Waals surface area contributed by atoms with E-state index in [-0.39, 0.29) is 23.9 Å². The molecule has 0 saturated heterocycles. The van der Waals surface area contributed by atoms with Gasteiger partial charge >= 0.3 is 16.2 Å². The van der Waals surface area contributed by atoms with Gasteiger partial charge in [-0.1, -0.05) is 12.1 Å². The van der Waals surface area contributed by atoms with Gasteiger partial charge in [-0.2, -0.15) is 8.42 Å². The molecule has 0 fully saturated rings. The minimum atomic E-state index is -4.23. The Morgan fingerprint density at radius 3 is 2.28 bits per heavy atom. The van der Waals surface area contributed by atoms with Gasteiger partial charge in [-0.3, -0.25) is 4.79 Å². The van der Waals surface area contributed by atoms with Crippen molar-refractivity contribution in [1.82, 2.24) is 9.29 Å². The standard InChI is InChI=1S/C14H16N4O5S.ClH/c15-6-7-17-13(19)10-3-1-9(2-4-10)11-5-8-18(24(16,22)23)12(11)14(20)21;/h1-5,8H,6-7,15H2,(H,17,19)(H,20,21)(H2,16,22,23);1H. The number of nitrogens with zero attached hydrogens (tertiary/aromatic N) is 1.